The van der Waals surface area contributed by atoms with Gasteiger partial charge in [-0.15, -0.1) is 0 Å². The van der Waals surface area contributed by atoms with E-state index in [1.165, 1.54) is 30.5 Å². The lowest BCUT2D eigenvalue weighted by Crippen LogP contribution is -2.24. The Morgan fingerprint density at radius 2 is 2.05 bits per heavy atom. The van der Waals surface area contributed by atoms with Crippen LogP contribution in [0.1, 0.15) is 12.1 Å². The van der Waals surface area contributed by atoms with Gasteiger partial charge in [0.2, 0.25) is 11.8 Å². The molecule has 0 fully saturated rings. The second-order valence-corrected chi connectivity index (χ2v) is 4.50. The molecule has 1 heterocycles. The van der Waals surface area contributed by atoms with Crippen molar-refractivity contribution in [3.05, 3.63) is 48.2 Å². The Morgan fingerprint density at radius 3 is 2.77 bits per heavy atom. The molecule has 0 atom stereocenters. The van der Waals surface area contributed by atoms with Crippen LogP contribution in [-0.4, -0.2) is 29.5 Å². The third-order valence-corrected chi connectivity index (χ3v) is 2.81. The van der Waals surface area contributed by atoms with Crippen molar-refractivity contribution < 1.29 is 13.9 Å². The Hall–Kier alpha value is -2.54. The lowest BCUT2D eigenvalue weighted by atomic mass is 10.3. The van der Waals surface area contributed by atoms with Gasteiger partial charge in [-0.05, 0) is 24.3 Å². The minimum atomic E-state index is -0.326. The summed E-state index contributed by atoms with van der Waals surface area (Å²) in [7, 11) is 1.60. The largest absolute Gasteiger partial charge is 0.437 e. The van der Waals surface area contributed by atoms with Crippen molar-refractivity contribution in [2.45, 2.75) is 13.0 Å². The Labute approximate surface area is 127 Å². The van der Waals surface area contributed by atoms with Crippen molar-refractivity contribution in [3.63, 3.8) is 0 Å². The van der Waals surface area contributed by atoms with Crippen LogP contribution in [-0.2, 0) is 11.3 Å². The Bertz CT molecular complexity index is 619. The molecular weight excluding hydrogens is 287 g/mol. The maximum Gasteiger partial charge on any atom is 0.238 e. The zero-order valence-electron chi connectivity index (χ0n) is 12.2. The third kappa shape index (κ3) is 5.10. The summed E-state index contributed by atoms with van der Waals surface area (Å²) in [6, 6.07) is 5.66. The summed E-state index contributed by atoms with van der Waals surface area (Å²) in [4.78, 5) is 19.4. The molecule has 0 bridgehead atoms. The minimum Gasteiger partial charge on any atom is -0.437 e. The standard InChI is InChI=1S/C15H17FN4O2/c1-17-14(21)6-7-18-8-12-9-19-10-15(20-12)22-13-4-2-11(16)3-5-13/h2-5,9-10,18H,6-8H2,1H3,(H,17,21). The molecule has 0 saturated heterocycles. The molecule has 0 spiro atoms. The molecule has 2 rings (SSSR count). The van der Waals surface area contributed by atoms with Crippen LogP contribution in [0.4, 0.5) is 4.39 Å². The summed E-state index contributed by atoms with van der Waals surface area (Å²) in [5.41, 5.74) is 0.691. The van der Waals surface area contributed by atoms with E-state index in [0.29, 0.717) is 36.8 Å². The van der Waals surface area contributed by atoms with Gasteiger partial charge in [-0.3, -0.25) is 9.78 Å². The van der Waals surface area contributed by atoms with Crippen LogP contribution in [0.25, 0.3) is 0 Å². The van der Waals surface area contributed by atoms with Crippen molar-refractivity contribution in [1.29, 1.82) is 0 Å². The molecular formula is C15H17FN4O2. The number of aromatic nitrogens is 2. The molecule has 0 aliphatic carbocycles. The van der Waals surface area contributed by atoms with Crippen LogP contribution in [0.3, 0.4) is 0 Å². The molecule has 0 aliphatic rings. The van der Waals surface area contributed by atoms with Gasteiger partial charge < -0.3 is 15.4 Å². The number of nitrogens with one attached hydrogen (secondary N) is 2. The number of hydrogen-bond donors (Lipinski definition) is 2. The SMILES string of the molecule is CNC(=O)CCNCc1cncc(Oc2ccc(F)cc2)n1. The zero-order chi connectivity index (χ0) is 15.8. The third-order valence-electron chi connectivity index (χ3n) is 2.81. The summed E-state index contributed by atoms with van der Waals surface area (Å²) < 4.78 is 18.3. The van der Waals surface area contributed by atoms with Gasteiger partial charge >= 0.3 is 0 Å². The first kappa shape index (κ1) is 15.8. The first-order chi connectivity index (χ1) is 10.7. The van der Waals surface area contributed by atoms with Crippen molar-refractivity contribution in [2.75, 3.05) is 13.6 Å². The molecule has 1 aromatic carbocycles. The fraction of sp³-hybridized carbons (Fsp3) is 0.267. The summed E-state index contributed by atoms with van der Waals surface area (Å²) in [6.07, 6.45) is 3.50. The molecule has 22 heavy (non-hydrogen) atoms. The van der Waals surface area contributed by atoms with Crippen LogP contribution in [0.2, 0.25) is 0 Å². The molecule has 7 heteroatoms. The number of carbonyl (C=O) groups is 1. The highest BCUT2D eigenvalue weighted by Gasteiger charge is 2.03. The average molecular weight is 304 g/mol. The fourth-order valence-electron chi connectivity index (χ4n) is 1.69. The normalized spacial score (nSPS) is 10.3. The molecule has 6 nitrogen and oxygen atoms in total. The molecule has 0 radical (unpaired) electrons. The number of rotatable bonds is 7. The number of amides is 1. The highest BCUT2D eigenvalue weighted by Crippen LogP contribution is 2.18. The van der Waals surface area contributed by atoms with Crippen LogP contribution in [0, 0.1) is 5.82 Å². The molecule has 0 unspecified atom stereocenters. The maximum absolute atomic E-state index is 12.8. The summed E-state index contributed by atoms with van der Waals surface area (Å²) in [5.74, 6) is 0.470. The highest BCUT2D eigenvalue weighted by molar-refractivity contribution is 5.75. The van der Waals surface area contributed by atoms with E-state index in [1.807, 2.05) is 0 Å². The minimum absolute atomic E-state index is 0.0213. The molecule has 2 N–H and O–H groups in total. The van der Waals surface area contributed by atoms with E-state index in [2.05, 4.69) is 20.6 Å². The topological polar surface area (TPSA) is 76.1 Å². The maximum atomic E-state index is 12.8. The van der Waals surface area contributed by atoms with Crippen molar-refractivity contribution in [3.8, 4) is 11.6 Å². The van der Waals surface area contributed by atoms with E-state index in [0.717, 1.165) is 0 Å². The number of halogens is 1. The van der Waals surface area contributed by atoms with Crippen LogP contribution in [0.15, 0.2) is 36.7 Å². The first-order valence-corrected chi connectivity index (χ1v) is 6.83. The zero-order valence-corrected chi connectivity index (χ0v) is 12.2. The van der Waals surface area contributed by atoms with E-state index < -0.39 is 0 Å². The lowest BCUT2D eigenvalue weighted by Gasteiger charge is -2.07. The number of benzene rings is 1. The number of carbonyl (C=O) groups excluding carboxylic acids is 1. The van der Waals surface area contributed by atoms with E-state index >= 15 is 0 Å². The predicted molar refractivity (Wildman–Crippen MR) is 78.9 cm³/mol. The van der Waals surface area contributed by atoms with Gasteiger partial charge in [-0.25, -0.2) is 9.37 Å². The van der Waals surface area contributed by atoms with Crippen LogP contribution in [0.5, 0.6) is 11.6 Å². The molecule has 116 valence electrons. The molecule has 1 amide bonds. The van der Waals surface area contributed by atoms with Gasteiger partial charge in [-0.2, -0.15) is 0 Å². The number of hydrogen-bond acceptors (Lipinski definition) is 5. The molecule has 2 aromatic rings. The molecule has 0 aliphatic heterocycles. The molecule has 0 saturated carbocycles. The Morgan fingerprint density at radius 1 is 1.27 bits per heavy atom. The van der Waals surface area contributed by atoms with Gasteiger partial charge in [0.15, 0.2) is 0 Å². The smallest absolute Gasteiger partial charge is 0.238 e. The van der Waals surface area contributed by atoms with E-state index in [-0.39, 0.29) is 11.7 Å². The summed E-state index contributed by atoms with van der Waals surface area (Å²) in [5, 5.41) is 5.65. The van der Waals surface area contributed by atoms with Gasteiger partial charge in [0, 0.05) is 32.8 Å². The van der Waals surface area contributed by atoms with E-state index in [1.54, 1.807) is 13.2 Å². The summed E-state index contributed by atoms with van der Waals surface area (Å²) in [6.45, 7) is 1.02. The van der Waals surface area contributed by atoms with Gasteiger partial charge in [0.1, 0.15) is 11.6 Å². The van der Waals surface area contributed by atoms with Crippen molar-refractivity contribution in [2.24, 2.45) is 0 Å². The van der Waals surface area contributed by atoms with Crippen molar-refractivity contribution >= 4 is 5.91 Å². The summed E-state index contributed by atoms with van der Waals surface area (Å²) >= 11 is 0. The fourth-order valence-corrected chi connectivity index (χ4v) is 1.69. The van der Waals surface area contributed by atoms with Gasteiger partial charge in [0.05, 0.1) is 11.9 Å². The number of nitrogens with zero attached hydrogens (tertiary/aromatic N) is 2. The first-order valence-electron chi connectivity index (χ1n) is 6.83. The Balaban J connectivity index is 1.87. The Kier molecular flexibility index (Phi) is 5.79. The van der Waals surface area contributed by atoms with Gasteiger partial charge in [-0.1, -0.05) is 0 Å². The quantitative estimate of drug-likeness (QED) is 0.760. The van der Waals surface area contributed by atoms with Crippen LogP contribution < -0.4 is 15.4 Å². The van der Waals surface area contributed by atoms with Crippen molar-refractivity contribution in [1.82, 2.24) is 20.6 Å². The second-order valence-electron chi connectivity index (χ2n) is 4.50. The average Bonchev–Trinajstić information content (AvgIpc) is 2.54. The van der Waals surface area contributed by atoms with E-state index in [9.17, 15) is 9.18 Å². The van der Waals surface area contributed by atoms with Gasteiger partial charge in [0.25, 0.3) is 0 Å². The predicted octanol–water partition coefficient (Wildman–Crippen LogP) is 1.63. The lowest BCUT2D eigenvalue weighted by molar-refractivity contribution is -0.120. The monoisotopic (exact) mass is 304 g/mol. The molecule has 1 aromatic heterocycles. The van der Waals surface area contributed by atoms with E-state index in [4.69, 9.17) is 4.74 Å². The number of ether oxygens (including phenoxy) is 1. The second kappa shape index (κ2) is 8.04. The van der Waals surface area contributed by atoms with Crippen LogP contribution >= 0.6 is 0 Å². The highest BCUT2D eigenvalue weighted by atomic mass is 19.1.